The molecule has 0 spiro atoms. The first kappa shape index (κ1) is 21.4. The third-order valence-electron chi connectivity index (χ3n) is 3.82. The maximum atomic E-state index is 4.63. The number of rotatable bonds is 7. The Kier molecular flexibility index (Phi) is 8.73. The molecule has 3 aromatic rings. The summed E-state index contributed by atoms with van der Waals surface area (Å²) in [4.78, 5) is 10.1. The lowest BCUT2D eigenvalue weighted by molar-refractivity contribution is 0.800. The number of aryl methyl sites for hydroxylation is 1. The van der Waals surface area contributed by atoms with Crippen molar-refractivity contribution in [2.75, 3.05) is 13.1 Å². The van der Waals surface area contributed by atoms with Crippen LogP contribution in [-0.4, -0.2) is 33.8 Å². The zero-order chi connectivity index (χ0) is 18.2. The Morgan fingerprint density at radius 1 is 1.22 bits per heavy atom. The third kappa shape index (κ3) is 6.62. The summed E-state index contributed by atoms with van der Waals surface area (Å²) in [6.45, 7) is 6.40. The average molecular weight is 496 g/mol. The second-order valence-corrected chi connectivity index (χ2v) is 7.15. The lowest BCUT2D eigenvalue weighted by Gasteiger charge is -2.11. The zero-order valence-corrected chi connectivity index (χ0v) is 18.7. The number of thiazole rings is 1. The van der Waals surface area contributed by atoms with Crippen LogP contribution in [0.2, 0.25) is 0 Å². The largest absolute Gasteiger partial charge is 0.357 e. The molecule has 2 heterocycles. The van der Waals surface area contributed by atoms with E-state index in [9.17, 15) is 0 Å². The lowest BCUT2D eigenvalue weighted by Crippen LogP contribution is -2.38. The molecule has 0 saturated heterocycles. The fraction of sp³-hybridized carbons (Fsp3) is 0.316. The van der Waals surface area contributed by atoms with Crippen LogP contribution in [0.15, 0.2) is 53.9 Å². The SMILES string of the molecule is CCNC(=NCc1cnc(C)s1)NCCc1ccc(-n2cccn2)cc1.I. The van der Waals surface area contributed by atoms with Gasteiger partial charge in [0.2, 0.25) is 0 Å². The van der Waals surface area contributed by atoms with E-state index >= 15 is 0 Å². The highest BCUT2D eigenvalue weighted by atomic mass is 127. The van der Waals surface area contributed by atoms with E-state index in [0.717, 1.165) is 36.2 Å². The highest BCUT2D eigenvalue weighted by Gasteiger charge is 2.01. The second kappa shape index (κ2) is 11.0. The number of halogens is 1. The molecule has 144 valence electrons. The highest BCUT2D eigenvalue weighted by Crippen LogP contribution is 2.12. The van der Waals surface area contributed by atoms with Crippen molar-refractivity contribution in [1.82, 2.24) is 25.4 Å². The molecule has 0 aliphatic carbocycles. The van der Waals surface area contributed by atoms with E-state index in [1.165, 1.54) is 10.4 Å². The summed E-state index contributed by atoms with van der Waals surface area (Å²) in [5.74, 6) is 0.840. The molecule has 0 amide bonds. The molecule has 1 aromatic carbocycles. The number of aliphatic imine (C=N–C) groups is 1. The Bertz CT molecular complexity index is 826. The average Bonchev–Trinajstić information content (AvgIpc) is 3.32. The third-order valence-corrected chi connectivity index (χ3v) is 4.72. The molecule has 0 aliphatic heterocycles. The van der Waals surface area contributed by atoms with Gasteiger partial charge in [0.05, 0.1) is 17.2 Å². The van der Waals surface area contributed by atoms with E-state index in [1.807, 2.05) is 30.1 Å². The van der Waals surface area contributed by atoms with E-state index in [4.69, 9.17) is 0 Å². The molecule has 0 aliphatic rings. The van der Waals surface area contributed by atoms with Gasteiger partial charge in [-0.2, -0.15) is 5.10 Å². The fourth-order valence-electron chi connectivity index (χ4n) is 2.54. The van der Waals surface area contributed by atoms with Crippen LogP contribution in [0.25, 0.3) is 5.69 Å². The van der Waals surface area contributed by atoms with Crippen molar-refractivity contribution < 1.29 is 0 Å². The van der Waals surface area contributed by atoms with Gasteiger partial charge in [-0.1, -0.05) is 12.1 Å². The quantitative estimate of drug-likeness (QED) is 0.298. The summed E-state index contributed by atoms with van der Waals surface area (Å²) in [5.41, 5.74) is 2.35. The van der Waals surface area contributed by atoms with E-state index in [1.54, 1.807) is 17.5 Å². The van der Waals surface area contributed by atoms with Crippen LogP contribution in [0.5, 0.6) is 0 Å². The Morgan fingerprint density at radius 2 is 2.04 bits per heavy atom. The van der Waals surface area contributed by atoms with Crippen LogP contribution in [-0.2, 0) is 13.0 Å². The van der Waals surface area contributed by atoms with Crippen molar-refractivity contribution in [3.63, 3.8) is 0 Å². The van der Waals surface area contributed by atoms with Gasteiger partial charge in [0.1, 0.15) is 0 Å². The molecule has 0 fully saturated rings. The van der Waals surface area contributed by atoms with E-state index in [0.29, 0.717) is 6.54 Å². The number of benzene rings is 1. The first-order valence-electron chi connectivity index (χ1n) is 8.77. The van der Waals surface area contributed by atoms with Crippen LogP contribution < -0.4 is 10.6 Å². The van der Waals surface area contributed by atoms with Crippen molar-refractivity contribution in [3.05, 3.63) is 64.4 Å². The first-order chi connectivity index (χ1) is 12.7. The van der Waals surface area contributed by atoms with Gasteiger partial charge in [0, 0.05) is 36.6 Å². The van der Waals surface area contributed by atoms with Crippen LogP contribution in [0.4, 0.5) is 0 Å². The maximum absolute atomic E-state index is 4.63. The molecule has 0 saturated carbocycles. The Balaban J connectivity index is 0.00000261. The smallest absolute Gasteiger partial charge is 0.191 e. The summed E-state index contributed by atoms with van der Waals surface area (Å²) in [6, 6.07) is 10.4. The van der Waals surface area contributed by atoms with Gasteiger partial charge in [-0.15, -0.1) is 35.3 Å². The molecular formula is C19H25IN6S. The number of hydrogen-bond acceptors (Lipinski definition) is 4. The molecular weight excluding hydrogens is 471 g/mol. The van der Waals surface area contributed by atoms with E-state index in [2.05, 4.69) is 56.9 Å². The Morgan fingerprint density at radius 3 is 2.67 bits per heavy atom. The second-order valence-electron chi connectivity index (χ2n) is 5.83. The molecule has 0 atom stereocenters. The van der Waals surface area contributed by atoms with Gasteiger partial charge in [-0.3, -0.25) is 0 Å². The fourth-order valence-corrected chi connectivity index (χ4v) is 3.26. The molecule has 3 rings (SSSR count). The molecule has 6 nitrogen and oxygen atoms in total. The van der Waals surface area contributed by atoms with Crippen LogP contribution >= 0.6 is 35.3 Å². The number of guanidine groups is 1. The van der Waals surface area contributed by atoms with Crippen LogP contribution in [0.3, 0.4) is 0 Å². The number of hydrogen-bond donors (Lipinski definition) is 2. The molecule has 2 N–H and O–H groups in total. The van der Waals surface area contributed by atoms with Crippen molar-refractivity contribution in [3.8, 4) is 5.69 Å². The molecule has 8 heteroatoms. The molecule has 0 bridgehead atoms. The van der Waals surface area contributed by atoms with Crippen molar-refractivity contribution in [2.24, 2.45) is 4.99 Å². The van der Waals surface area contributed by atoms with Gasteiger partial charge in [-0.25, -0.2) is 14.7 Å². The summed E-state index contributed by atoms with van der Waals surface area (Å²) in [6.07, 6.45) is 6.56. The predicted molar refractivity (Wildman–Crippen MR) is 122 cm³/mol. The van der Waals surface area contributed by atoms with Gasteiger partial charge >= 0.3 is 0 Å². The number of nitrogens with zero attached hydrogens (tertiary/aromatic N) is 4. The standard InChI is InChI=1S/C19H24N6S.HI/c1-3-20-19(23-14-18-13-22-15(2)26-18)21-11-9-16-5-7-17(8-6-16)25-12-4-10-24-25;/h4-8,10,12-13H,3,9,11,14H2,1-2H3,(H2,20,21,23);1H. The summed E-state index contributed by atoms with van der Waals surface area (Å²) in [5, 5.41) is 12.0. The van der Waals surface area contributed by atoms with Crippen LogP contribution in [0, 0.1) is 6.92 Å². The topological polar surface area (TPSA) is 67.1 Å². The Hall–Kier alpha value is -1.94. The van der Waals surface area contributed by atoms with Gasteiger partial charge in [0.25, 0.3) is 0 Å². The number of aromatic nitrogens is 3. The number of nitrogens with one attached hydrogen (secondary N) is 2. The minimum absolute atomic E-state index is 0. The summed E-state index contributed by atoms with van der Waals surface area (Å²) in [7, 11) is 0. The van der Waals surface area contributed by atoms with E-state index in [-0.39, 0.29) is 24.0 Å². The first-order valence-corrected chi connectivity index (χ1v) is 9.58. The minimum Gasteiger partial charge on any atom is -0.357 e. The van der Waals surface area contributed by atoms with E-state index < -0.39 is 0 Å². The monoisotopic (exact) mass is 496 g/mol. The summed E-state index contributed by atoms with van der Waals surface area (Å²) < 4.78 is 1.86. The van der Waals surface area contributed by atoms with Crippen molar-refractivity contribution >= 4 is 41.3 Å². The molecule has 0 radical (unpaired) electrons. The van der Waals surface area contributed by atoms with Crippen molar-refractivity contribution in [2.45, 2.75) is 26.8 Å². The molecule has 0 unspecified atom stereocenters. The Labute approximate surface area is 181 Å². The van der Waals surface area contributed by atoms with Crippen molar-refractivity contribution in [1.29, 1.82) is 0 Å². The van der Waals surface area contributed by atoms with Crippen LogP contribution in [0.1, 0.15) is 22.4 Å². The lowest BCUT2D eigenvalue weighted by atomic mass is 10.1. The summed E-state index contributed by atoms with van der Waals surface area (Å²) >= 11 is 1.69. The van der Waals surface area contributed by atoms with Gasteiger partial charge in [-0.05, 0) is 44.0 Å². The minimum atomic E-state index is 0. The maximum Gasteiger partial charge on any atom is 0.191 e. The van der Waals surface area contributed by atoms with Gasteiger partial charge < -0.3 is 10.6 Å². The predicted octanol–water partition coefficient (Wildman–Crippen LogP) is 3.55. The molecule has 2 aromatic heterocycles. The highest BCUT2D eigenvalue weighted by molar-refractivity contribution is 14.0. The zero-order valence-electron chi connectivity index (χ0n) is 15.6. The van der Waals surface area contributed by atoms with Gasteiger partial charge in [0.15, 0.2) is 5.96 Å². The normalized spacial score (nSPS) is 11.1. The molecule has 27 heavy (non-hydrogen) atoms.